The summed E-state index contributed by atoms with van der Waals surface area (Å²) in [6, 6.07) is 25.1. The fourth-order valence-electron chi connectivity index (χ4n) is 5.54. The molecule has 6 N–H and O–H groups in total. The molecule has 0 aromatic heterocycles. The molecule has 0 radical (unpaired) electrons. The Morgan fingerprint density at radius 1 is 0.720 bits per heavy atom. The van der Waals surface area contributed by atoms with Crippen LogP contribution in [0.5, 0.6) is 0 Å². The summed E-state index contributed by atoms with van der Waals surface area (Å²) < 4.78 is 5.46. The van der Waals surface area contributed by atoms with E-state index in [1.165, 1.54) is 4.90 Å². The third-order valence-electron chi connectivity index (χ3n) is 8.18. The maximum atomic E-state index is 14.0. The highest BCUT2D eigenvalue weighted by molar-refractivity contribution is 5.91. The predicted octanol–water partition coefficient (Wildman–Crippen LogP) is 4.57. The van der Waals surface area contributed by atoms with Gasteiger partial charge in [0.05, 0.1) is 18.7 Å². The van der Waals surface area contributed by atoms with Crippen molar-refractivity contribution in [2.75, 3.05) is 13.1 Å². The normalized spacial score (nSPS) is 13.5. The number of alkyl carbamates (subject to hydrolysis) is 1. The number of carbonyl (C=O) groups excluding carboxylic acids is 4. The van der Waals surface area contributed by atoms with Gasteiger partial charge in [-0.15, -0.1) is 0 Å². The topological polar surface area (TPSA) is 163 Å². The van der Waals surface area contributed by atoms with Crippen molar-refractivity contribution in [3.8, 4) is 0 Å². The van der Waals surface area contributed by atoms with Crippen LogP contribution in [-0.4, -0.2) is 71.3 Å². The number of primary amides is 1. The number of amides is 5. The number of nitrogens with two attached hydrogens (primary N) is 1. The lowest BCUT2D eigenvalue weighted by molar-refractivity contribution is -0.129. The highest BCUT2D eigenvalue weighted by Crippen LogP contribution is 2.13. The SMILES string of the molecule is CC(C)C[C@H](NC(=O)N(CCc1ccccc1)C[C@@H](O)[C@H](Cc1ccccc1)NC(=O)OCc1ccccc1)C(=O)N[C@H](CC(C)C)C(N)=O. The van der Waals surface area contributed by atoms with Crippen molar-refractivity contribution < 1.29 is 29.0 Å². The van der Waals surface area contributed by atoms with Gasteiger partial charge in [-0.2, -0.15) is 0 Å². The fourth-order valence-corrected chi connectivity index (χ4v) is 5.54. The molecule has 0 spiro atoms. The molecule has 0 aliphatic rings. The minimum absolute atomic E-state index is 0.0351. The summed E-state index contributed by atoms with van der Waals surface area (Å²) in [5.41, 5.74) is 8.26. The quantitative estimate of drug-likeness (QED) is 0.124. The Hall–Kier alpha value is -4.90. The first-order chi connectivity index (χ1) is 23.9. The molecule has 0 saturated heterocycles. The number of benzene rings is 3. The second kappa shape index (κ2) is 20.6. The van der Waals surface area contributed by atoms with E-state index in [1.54, 1.807) is 0 Å². The summed E-state index contributed by atoms with van der Waals surface area (Å²) in [6.45, 7) is 7.83. The Labute approximate surface area is 296 Å². The molecule has 0 aliphatic heterocycles. The molecule has 3 aromatic carbocycles. The summed E-state index contributed by atoms with van der Waals surface area (Å²) >= 11 is 0. The average molecular weight is 688 g/mol. The zero-order valence-corrected chi connectivity index (χ0v) is 29.6. The van der Waals surface area contributed by atoms with E-state index in [2.05, 4.69) is 16.0 Å². The van der Waals surface area contributed by atoms with Gasteiger partial charge in [0.1, 0.15) is 18.7 Å². The molecule has 270 valence electrons. The van der Waals surface area contributed by atoms with Crippen molar-refractivity contribution in [3.05, 3.63) is 108 Å². The molecule has 4 atom stereocenters. The second-order valence-corrected chi connectivity index (χ2v) is 13.5. The van der Waals surface area contributed by atoms with Gasteiger partial charge in [0.25, 0.3) is 0 Å². The van der Waals surface area contributed by atoms with Crippen molar-refractivity contribution in [3.63, 3.8) is 0 Å². The zero-order chi connectivity index (χ0) is 36.5. The molecule has 0 aliphatic carbocycles. The van der Waals surface area contributed by atoms with Gasteiger partial charge in [-0.25, -0.2) is 9.59 Å². The summed E-state index contributed by atoms with van der Waals surface area (Å²) in [4.78, 5) is 54.0. The molecule has 11 nitrogen and oxygen atoms in total. The number of nitrogens with zero attached hydrogens (tertiary/aromatic N) is 1. The first kappa shape index (κ1) is 39.5. The number of nitrogens with one attached hydrogen (secondary N) is 3. The first-order valence-electron chi connectivity index (χ1n) is 17.3. The number of aliphatic hydroxyl groups excluding tert-OH is 1. The van der Waals surface area contributed by atoms with Gasteiger partial charge in [-0.3, -0.25) is 9.59 Å². The number of ether oxygens (including phenoxy) is 1. The monoisotopic (exact) mass is 687 g/mol. The lowest BCUT2D eigenvalue weighted by Crippen LogP contribution is -2.57. The van der Waals surface area contributed by atoms with Crippen LogP contribution in [0.1, 0.15) is 57.2 Å². The Morgan fingerprint density at radius 2 is 1.24 bits per heavy atom. The van der Waals surface area contributed by atoms with Crippen LogP contribution in [-0.2, 0) is 33.8 Å². The average Bonchev–Trinajstić information content (AvgIpc) is 3.09. The standard InChI is InChI=1S/C39H53N5O6/c1-27(2)22-33(36(40)46)41-37(47)34(23-28(3)4)42-38(48)44(21-20-29-14-8-5-9-15-29)25-35(45)32(24-30-16-10-6-11-17-30)43-39(49)50-26-31-18-12-7-13-19-31/h5-19,27-28,32-35,45H,20-26H2,1-4H3,(H2,40,46)(H,41,47)(H,42,48)(H,43,49)/t32-,33+,34-,35+/m0/s1. The minimum Gasteiger partial charge on any atom is -0.445 e. The second-order valence-electron chi connectivity index (χ2n) is 13.5. The molecule has 0 saturated carbocycles. The maximum absolute atomic E-state index is 14.0. The summed E-state index contributed by atoms with van der Waals surface area (Å²) in [6.07, 6.45) is -0.472. The van der Waals surface area contributed by atoms with Gasteiger partial charge in [-0.1, -0.05) is 119 Å². The van der Waals surface area contributed by atoms with Gasteiger partial charge in [0.15, 0.2) is 0 Å². The van der Waals surface area contributed by atoms with Crippen LogP contribution >= 0.6 is 0 Å². The molecule has 0 unspecified atom stereocenters. The Kier molecular flexibility index (Phi) is 16.3. The molecule has 50 heavy (non-hydrogen) atoms. The van der Waals surface area contributed by atoms with E-state index < -0.39 is 48.2 Å². The lowest BCUT2D eigenvalue weighted by Gasteiger charge is -2.32. The van der Waals surface area contributed by atoms with Gasteiger partial charge < -0.3 is 36.4 Å². The molecular weight excluding hydrogens is 634 g/mol. The maximum Gasteiger partial charge on any atom is 0.407 e. The molecule has 0 heterocycles. The van der Waals surface area contributed by atoms with Crippen molar-refractivity contribution in [2.45, 2.75) is 84.2 Å². The molecule has 11 heteroatoms. The highest BCUT2D eigenvalue weighted by Gasteiger charge is 2.31. The summed E-state index contributed by atoms with van der Waals surface area (Å²) in [7, 11) is 0. The lowest BCUT2D eigenvalue weighted by atomic mass is 10.00. The van der Waals surface area contributed by atoms with Crippen LogP contribution < -0.4 is 21.7 Å². The smallest absolute Gasteiger partial charge is 0.407 e. The molecule has 3 rings (SSSR count). The number of urea groups is 1. The minimum atomic E-state index is -1.20. The predicted molar refractivity (Wildman–Crippen MR) is 194 cm³/mol. The van der Waals surface area contributed by atoms with Gasteiger partial charge in [0.2, 0.25) is 11.8 Å². The van der Waals surface area contributed by atoms with Crippen LogP contribution in [0.3, 0.4) is 0 Å². The van der Waals surface area contributed by atoms with E-state index in [9.17, 15) is 24.3 Å². The van der Waals surface area contributed by atoms with Gasteiger partial charge in [-0.05, 0) is 54.2 Å². The van der Waals surface area contributed by atoms with Crippen molar-refractivity contribution in [1.29, 1.82) is 0 Å². The highest BCUT2D eigenvalue weighted by atomic mass is 16.5. The number of hydrogen-bond donors (Lipinski definition) is 5. The summed E-state index contributed by atoms with van der Waals surface area (Å²) in [5.74, 6) is -1.01. The Balaban J connectivity index is 1.82. The molecule has 0 bridgehead atoms. The first-order valence-corrected chi connectivity index (χ1v) is 17.3. The van der Waals surface area contributed by atoms with E-state index in [4.69, 9.17) is 10.5 Å². The van der Waals surface area contributed by atoms with E-state index >= 15 is 0 Å². The molecule has 3 aromatic rings. The van der Waals surface area contributed by atoms with E-state index in [1.807, 2.05) is 119 Å². The van der Waals surface area contributed by atoms with E-state index in [0.29, 0.717) is 19.3 Å². The van der Waals surface area contributed by atoms with Crippen LogP contribution in [0.15, 0.2) is 91.0 Å². The Bertz CT molecular complexity index is 1470. The third kappa shape index (κ3) is 14.3. The van der Waals surface area contributed by atoms with Crippen LogP contribution in [0.2, 0.25) is 0 Å². The van der Waals surface area contributed by atoms with Crippen molar-refractivity contribution in [2.24, 2.45) is 17.6 Å². The largest absolute Gasteiger partial charge is 0.445 e. The van der Waals surface area contributed by atoms with Crippen molar-refractivity contribution >= 4 is 23.9 Å². The number of carbonyl (C=O) groups is 4. The van der Waals surface area contributed by atoms with Crippen LogP contribution in [0, 0.1) is 11.8 Å². The Morgan fingerprint density at radius 3 is 1.78 bits per heavy atom. The zero-order valence-electron chi connectivity index (χ0n) is 29.6. The van der Waals surface area contributed by atoms with Gasteiger partial charge in [0, 0.05) is 6.54 Å². The molecule has 5 amide bonds. The number of aliphatic hydroxyl groups is 1. The number of rotatable bonds is 19. The third-order valence-corrected chi connectivity index (χ3v) is 8.18. The fraction of sp³-hybridized carbons (Fsp3) is 0.436. The molecule has 0 fully saturated rings. The summed E-state index contributed by atoms with van der Waals surface area (Å²) in [5, 5.41) is 20.0. The van der Waals surface area contributed by atoms with E-state index in [0.717, 1.165) is 16.7 Å². The van der Waals surface area contributed by atoms with Crippen molar-refractivity contribution in [1.82, 2.24) is 20.9 Å². The van der Waals surface area contributed by atoms with Crippen LogP contribution in [0.25, 0.3) is 0 Å². The van der Waals surface area contributed by atoms with E-state index in [-0.39, 0.29) is 38.0 Å². The number of hydrogen-bond acceptors (Lipinski definition) is 6. The van der Waals surface area contributed by atoms with Gasteiger partial charge >= 0.3 is 12.1 Å². The molecular formula is C39H53N5O6. The van der Waals surface area contributed by atoms with Crippen LogP contribution in [0.4, 0.5) is 9.59 Å².